The summed E-state index contributed by atoms with van der Waals surface area (Å²) in [6.07, 6.45) is 3.69. The third-order valence-corrected chi connectivity index (χ3v) is 3.33. The van der Waals surface area contributed by atoms with Gasteiger partial charge < -0.3 is 10.4 Å². The summed E-state index contributed by atoms with van der Waals surface area (Å²) in [7, 11) is 0. The van der Waals surface area contributed by atoms with E-state index in [4.69, 9.17) is 5.11 Å². The maximum Gasteiger partial charge on any atom is 0.332 e. The van der Waals surface area contributed by atoms with Crippen LogP contribution < -0.4 is 10.7 Å². The molecule has 1 heterocycles. The number of carbonyl (C=O) groups is 2. The molecule has 1 unspecified atom stereocenters. The van der Waals surface area contributed by atoms with Crippen LogP contribution in [0.3, 0.4) is 0 Å². The number of nitrogens with zero attached hydrogens (tertiary/aromatic N) is 2. The van der Waals surface area contributed by atoms with Gasteiger partial charge >= 0.3 is 5.97 Å². The van der Waals surface area contributed by atoms with Gasteiger partial charge in [-0.15, -0.1) is 5.43 Å². The van der Waals surface area contributed by atoms with Crippen molar-refractivity contribution < 1.29 is 19.7 Å². The highest BCUT2D eigenvalue weighted by atomic mass is 16.7. The summed E-state index contributed by atoms with van der Waals surface area (Å²) in [6, 6.07) is -1.55. The maximum absolute atomic E-state index is 11.8. The van der Waals surface area contributed by atoms with Crippen LogP contribution in [0, 0.1) is 16.0 Å². The van der Waals surface area contributed by atoms with Crippen molar-refractivity contribution in [2.45, 2.75) is 44.7 Å². The van der Waals surface area contributed by atoms with E-state index in [2.05, 4.69) is 10.3 Å². The molecular formula is C12H20N4O5. The number of aliphatic imine (C=N–C) groups is 1. The van der Waals surface area contributed by atoms with E-state index >= 15 is 0 Å². The fourth-order valence-electron chi connectivity index (χ4n) is 2.10. The topological polar surface area (TPSA) is 134 Å². The summed E-state index contributed by atoms with van der Waals surface area (Å²) in [5.41, 5.74) is 1.75. The van der Waals surface area contributed by atoms with Crippen LogP contribution in [0.25, 0.3) is 0 Å². The molecule has 21 heavy (non-hydrogen) atoms. The summed E-state index contributed by atoms with van der Waals surface area (Å²) < 4.78 is 0. The Morgan fingerprint density at radius 1 is 1.52 bits per heavy atom. The SMILES string of the molecule is C[C@@H]1CC=N[C@H]1C(=O)NCCCCC(N[N+](=O)[O-])C(=O)O. The van der Waals surface area contributed by atoms with Gasteiger partial charge in [0, 0.05) is 12.8 Å². The Morgan fingerprint density at radius 2 is 2.24 bits per heavy atom. The molecule has 0 aromatic heterocycles. The first-order valence-corrected chi connectivity index (χ1v) is 6.84. The van der Waals surface area contributed by atoms with Gasteiger partial charge in [0.2, 0.25) is 5.91 Å². The Hall–Kier alpha value is -2.19. The van der Waals surface area contributed by atoms with Crippen LogP contribution in [0.4, 0.5) is 0 Å². The Morgan fingerprint density at radius 3 is 2.76 bits per heavy atom. The zero-order chi connectivity index (χ0) is 15.8. The van der Waals surface area contributed by atoms with Gasteiger partial charge in [-0.1, -0.05) is 6.92 Å². The normalized spacial score (nSPS) is 21.8. The van der Waals surface area contributed by atoms with Crippen molar-refractivity contribution in [2.75, 3.05) is 6.54 Å². The number of nitrogens with one attached hydrogen (secondary N) is 2. The fourth-order valence-corrected chi connectivity index (χ4v) is 2.10. The van der Waals surface area contributed by atoms with Gasteiger partial charge in [-0.05, 0) is 31.6 Å². The van der Waals surface area contributed by atoms with E-state index in [1.54, 1.807) is 11.6 Å². The summed E-state index contributed by atoms with van der Waals surface area (Å²) in [5.74, 6) is -1.19. The maximum atomic E-state index is 11.8. The zero-order valence-corrected chi connectivity index (χ0v) is 11.8. The Kier molecular flexibility index (Phi) is 6.57. The first-order valence-electron chi connectivity index (χ1n) is 6.84. The predicted octanol–water partition coefficient (Wildman–Crippen LogP) is -0.0134. The number of carboxylic acid groups (broad SMARTS) is 1. The highest BCUT2D eigenvalue weighted by Gasteiger charge is 2.26. The van der Waals surface area contributed by atoms with Crippen LogP contribution in [-0.4, -0.2) is 46.9 Å². The molecule has 1 aliphatic rings. The van der Waals surface area contributed by atoms with Crippen molar-refractivity contribution in [3.63, 3.8) is 0 Å². The van der Waals surface area contributed by atoms with Crippen LogP contribution in [-0.2, 0) is 9.59 Å². The van der Waals surface area contributed by atoms with E-state index in [0.717, 1.165) is 6.42 Å². The molecule has 1 amide bonds. The molecule has 1 rings (SSSR count). The number of hydrazine groups is 1. The second kappa shape index (κ2) is 8.18. The average Bonchev–Trinajstić information content (AvgIpc) is 2.82. The number of hydrogen-bond donors (Lipinski definition) is 3. The second-order valence-corrected chi connectivity index (χ2v) is 5.05. The molecule has 0 radical (unpaired) electrons. The molecule has 9 nitrogen and oxygen atoms in total. The lowest BCUT2D eigenvalue weighted by molar-refractivity contribution is -0.549. The van der Waals surface area contributed by atoms with Crippen molar-refractivity contribution in [2.24, 2.45) is 10.9 Å². The first kappa shape index (κ1) is 16.9. The van der Waals surface area contributed by atoms with Crippen LogP contribution >= 0.6 is 0 Å². The van der Waals surface area contributed by atoms with Gasteiger partial charge in [0.05, 0.1) is 0 Å². The summed E-state index contributed by atoms with van der Waals surface area (Å²) >= 11 is 0. The largest absolute Gasteiger partial charge is 0.480 e. The number of aliphatic carboxylic acids is 1. The summed E-state index contributed by atoms with van der Waals surface area (Å²) in [5, 5.41) is 20.9. The standard InChI is InChI=1S/C12H20N4O5/c1-8-5-7-13-10(8)11(17)14-6-3-2-4-9(12(18)19)15-16(20)21/h7-10,15H,2-6H2,1H3,(H,14,17)(H,18,19)/t8-,9?,10-/m1/s1. The number of rotatable bonds is 9. The molecule has 3 N–H and O–H groups in total. The third kappa shape index (κ3) is 5.76. The van der Waals surface area contributed by atoms with Gasteiger partial charge in [0.1, 0.15) is 6.04 Å². The van der Waals surface area contributed by atoms with E-state index in [9.17, 15) is 19.7 Å². The van der Waals surface area contributed by atoms with Gasteiger partial charge in [-0.25, -0.2) is 14.9 Å². The number of amides is 1. The summed E-state index contributed by atoms with van der Waals surface area (Å²) in [6.45, 7) is 2.36. The van der Waals surface area contributed by atoms with Crippen LogP contribution in [0.1, 0.15) is 32.6 Å². The minimum absolute atomic E-state index is 0.129. The van der Waals surface area contributed by atoms with Crippen LogP contribution in [0.2, 0.25) is 0 Å². The van der Waals surface area contributed by atoms with E-state index in [0.29, 0.717) is 19.4 Å². The van der Waals surface area contributed by atoms with Crippen molar-refractivity contribution in [3.8, 4) is 0 Å². The van der Waals surface area contributed by atoms with Gasteiger partial charge in [0.15, 0.2) is 11.1 Å². The second-order valence-electron chi connectivity index (χ2n) is 5.05. The van der Waals surface area contributed by atoms with Crippen molar-refractivity contribution in [1.82, 2.24) is 10.7 Å². The van der Waals surface area contributed by atoms with E-state index in [1.807, 2.05) is 6.92 Å². The quantitative estimate of drug-likeness (QED) is 0.311. The number of carbonyl (C=O) groups excluding carboxylic acids is 1. The first-order chi connectivity index (χ1) is 9.91. The van der Waals surface area contributed by atoms with Gasteiger partial charge in [0.25, 0.3) is 0 Å². The molecule has 3 atom stereocenters. The number of unbranched alkanes of at least 4 members (excludes halogenated alkanes) is 1. The predicted molar refractivity (Wildman–Crippen MR) is 74.5 cm³/mol. The van der Waals surface area contributed by atoms with Crippen LogP contribution in [0.15, 0.2) is 4.99 Å². The molecule has 9 heteroatoms. The molecule has 0 aromatic rings. The lowest BCUT2D eigenvalue weighted by atomic mass is 10.0. The van der Waals surface area contributed by atoms with E-state index in [-0.39, 0.29) is 24.3 Å². The smallest absolute Gasteiger partial charge is 0.332 e. The molecular weight excluding hydrogens is 280 g/mol. The number of hydrogen-bond acceptors (Lipinski definition) is 5. The van der Waals surface area contributed by atoms with Crippen LogP contribution in [0.5, 0.6) is 0 Å². The number of carboxylic acids is 1. The van der Waals surface area contributed by atoms with Crippen molar-refractivity contribution >= 4 is 18.1 Å². The van der Waals surface area contributed by atoms with Crippen molar-refractivity contribution in [3.05, 3.63) is 10.1 Å². The molecule has 0 saturated carbocycles. The lowest BCUT2D eigenvalue weighted by Gasteiger charge is -2.13. The fraction of sp³-hybridized carbons (Fsp3) is 0.750. The highest BCUT2D eigenvalue weighted by molar-refractivity contribution is 5.85. The summed E-state index contributed by atoms with van der Waals surface area (Å²) in [4.78, 5) is 36.9. The highest BCUT2D eigenvalue weighted by Crippen LogP contribution is 2.16. The Labute approximate surface area is 121 Å². The minimum atomic E-state index is -1.26. The van der Waals surface area contributed by atoms with E-state index < -0.39 is 17.0 Å². The molecule has 118 valence electrons. The van der Waals surface area contributed by atoms with E-state index in [1.165, 1.54) is 0 Å². The zero-order valence-electron chi connectivity index (χ0n) is 11.8. The minimum Gasteiger partial charge on any atom is -0.480 e. The third-order valence-electron chi connectivity index (χ3n) is 3.33. The van der Waals surface area contributed by atoms with Crippen molar-refractivity contribution in [1.29, 1.82) is 0 Å². The molecule has 0 fully saturated rings. The molecule has 0 spiro atoms. The average molecular weight is 300 g/mol. The monoisotopic (exact) mass is 300 g/mol. The molecule has 0 bridgehead atoms. The molecule has 0 aliphatic carbocycles. The van der Waals surface area contributed by atoms with Gasteiger partial charge in [-0.3, -0.25) is 9.79 Å². The molecule has 1 aliphatic heterocycles. The molecule has 0 saturated heterocycles. The molecule has 0 aromatic carbocycles. The Balaban J connectivity index is 2.18. The number of nitro groups is 1. The van der Waals surface area contributed by atoms with Gasteiger partial charge in [-0.2, -0.15) is 0 Å². The Bertz CT molecular complexity index is 426. The lowest BCUT2D eigenvalue weighted by Crippen LogP contribution is -2.40.